The summed E-state index contributed by atoms with van der Waals surface area (Å²) in [7, 11) is 0. The van der Waals surface area contributed by atoms with Crippen molar-refractivity contribution in [1.82, 2.24) is 15.0 Å². The molecule has 0 bridgehead atoms. The van der Waals surface area contributed by atoms with Gasteiger partial charge < -0.3 is 4.42 Å². The molecule has 0 aliphatic heterocycles. The van der Waals surface area contributed by atoms with E-state index in [-0.39, 0.29) is 0 Å². The van der Waals surface area contributed by atoms with E-state index in [1.807, 2.05) is 65.9 Å². The van der Waals surface area contributed by atoms with Gasteiger partial charge in [0.2, 0.25) is 0 Å². The Bertz CT molecular complexity index is 2820. The van der Waals surface area contributed by atoms with Gasteiger partial charge in [-0.05, 0) is 46.5 Å². The molecule has 7 aromatic carbocycles. The lowest BCUT2D eigenvalue weighted by Crippen LogP contribution is -2.00. The molecular formula is C41H23N3OS. The quantitative estimate of drug-likeness (QED) is 0.188. The van der Waals surface area contributed by atoms with E-state index in [0.717, 1.165) is 49.4 Å². The molecule has 5 heteroatoms. The smallest absolute Gasteiger partial charge is 0.164 e. The van der Waals surface area contributed by atoms with Crippen LogP contribution in [0.15, 0.2) is 144 Å². The Hall–Kier alpha value is -5.91. The number of aromatic nitrogens is 3. The first-order chi connectivity index (χ1) is 22.8. The summed E-state index contributed by atoms with van der Waals surface area (Å²) >= 11 is 1.85. The number of hydrogen-bond acceptors (Lipinski definition) is 5. The summed E-state index contributed by atoms with van der Waals surface area (Å²) in [5, 5.41) is 9.48. The zero-order valence-corrected chi connectivity index (χ0v) is 25.3. The maximum absolute atomic E-state index is 6.25. The first-order valence-electron chi connectivity index (χ1n) is 15.3. The summed E-state index contributed by atoms with van der Waals surface area (Å²) in [6, 6.07) is 48.5. The van der Waals surface area contributed by atoms with Crippen molar-refractivity contribution in [2.24, 2.45) is 0 Å². The van der Waals surface area contributed by atoms with Crippen molar-refractivity contribution < 1.29 is 4.42 Å². The molecule has 10 rings (SSSR count). The molecule has 0 aliphatic carbocycles. The van der Waals surface area contributed by atoms with Crippen molar-refractivity contribution in [1.29, 1.82) is 0 Å². The van der Waals surface area contributed by atoms with E-state index in [9.17, 15) is 0 Å². The van der Waals surface area contributed by atoms with Crippen LogP contribution < -0.4 is 0 Å². The highest BCUT2D eigenvalue weighted by atomic mass is 32.1. The first kappa shape index (κ1) is 25.4. The summed E-state index contributed by atoms with van der Waals surface area (Å²) in [6.07, 6.45) is 0. The molecule has 0 radical (unpaired) electrons. The highest BCUT2D eigenvalue weighted by Crippen LogP contribution is 2.44. The summed E-state index contributed by atoms with van der Waals surface area (Å²) in [4.78, 5) is 15.3. The van der Waals surface area contributed by atoms with Gasteiger partial charge in [0.05, 0.1) is 0 Å². The predicted octanol–water partition coefficient (Wildman–Crippen LogP) is 11.4. The van der Waals surface area contributed by atoms with Gasteiger partial charge in [0.25, 0.3) is 0 Å². The van der Waals surface area contributed by atoms with Gasteiger partial charge in [-0.1, -0.05) is 109 Å². The Morgan fingerprint density at radius 3 is 1.98 bits per heavy atom. The van der Waals surface area contributed by atoms with Crippen LogP contribution in [0.2, 0.25) is 0 Å². The van der Waals surface area contributed by atoms with Crippen LogP contribution in [0.1, 0.15) is 0 Å². The average molecular weight is 606 g/mol. The van der Waals surface area contributed by atoms with E-state index in [2.05, 4.69) is 84.9 Å². The number of rotatable bonds is 3. The van der Waals surface area contributed by atoms with Crippen molar-refractivity contribution in [3.63, 3.8) is 0 Å². The Labute approximate surface area is 267 Å². The molecule has 0 spiro atoms. The SMILES string of the molecule is c1ccc(-c2nc(-c3ccc4c(c3)oc3ccccc34)nc(-c3cc4ccccc4c4c3ccc3c5ccccc5sc34)n2)cc1. The van der Waals surface area contributed by atoms with E-state index in [0.29, 0.717) is 17.5 Å². The van der Waals surface area contributed by atoms with Gasteiger partial charge in [-0.15, -0.1) is 11.3 Å². The summed E-state index contributed by atoms with van der Waals surface area (Å²) in [5.41, 5.74) is 4.48. The fourth-order valence-corrected chi connectivity index (χ4v) is 8.02. The molecule has 0 fully saturated rings. The lowest BCUT2D eigenvalue weighted by molar-refractivity contribution is 0.669. The minimum atomic E-state index is 0.607. The molecule has 3 heterocycles. The normalized spacial score (nSPS) is 11.9. The zero-order valence-electron chi connectivity index (χ0n) is 24.4. The molecule has 46 heavy (non-hydrogen) atoms. The third kappa shape index (κ3) is 3.82. The van der Waals surface area contributed by atoms with Gasteiger partial charge in [0, 0.05) is 53.0 Å². The standard InChI is InChI=1S/C41H23N3OS/c1-2-10-24(11-3-1)39-42-40(26-18-19-29-28-14-6-8-16-34(28)45-35(29)23-26)44-41(43-39)33-22-25-12-4-5-13-27(25)37-31(33)20-21-32-30-15-7-9-17-36(30)46-38(32)37/h1-23H. The van der Waals surface area contributed by atoms with Crippen LogP contribution >= 0.6 is 11.3 Å². The maximum atomic E-state index is 6.25. The van der Waals surface area contributed by atoms with Crippen LogP contribution in [-0.2, 0) is 0 Å². The number of thiophene rings is 1. The third-order valence-electron chi connectivity index (χ3n) is 8.91. The van der Waals surface area contributed by atoms with Crippen LogP contribution in [0.3, 0.4) is 0 Å². The molecule has 0 saturated heterocycles. The number of benzene rings is 7. The lowest BCUT2D eigenvalue weighted by Gasteiger charge is -2.13. The summed E-state index contributed by atoms with van der Waals surface area (Å²) in [5.74, 6) is 1.88. The topological polar surface area (TPSA) is 51.8 Å². The van der Waals surface area contributed by atoms with Crippen LogP contribution in [0.5, 0.6) is 0 Å². The van der Waals surface area contributed by atoms with Crippen LogP contribution in [-0.4, -0.2) is 15.0 Å². The van der Waals surface area contributed by atoms with E-state index >= 15 is 0 Å². The Morgan fingerprint density at radius 1 is 0.435 bits per heavy atom. The highest BCUT2D eigenvalue weighted by Gasteiger charge is 2.19. The van der Waals surface area contributed by atoms with Crippen molar-refractivity contribution in [2.45, 2.75) is 0 Å². The molecule has 0 amide bonds. The summed E-state index contributed by atoms with van der Waals surface area (Å²) < 4.78 is 8.81. The fraction of sp³-hybridized carbons (Fsp3) is 0. The molecule has 0 saturated carbocycles. The van der Waals surface area contributed by atoms with Gasteiger partial charge in [-0.25, -0.2) is 15.0 Å². The van der Waals surface area contributed by atoms with Crippen molar-refractivity contribution in [3.05, 3.63) is 140 Å². The molecular weight excluding hydrogens is 583 g/mol. The number of para-hydroxylation sites is 1. The zero-order chi connectivity index (χ0) is 30.2. The van der Waals surface area contributed by atoms with E-state index in [1.54, 1.807) is 0 Å². The lowest BCUT2D eigenvalue weighted by atomic mass is 9.95. The fourth-order valence-electron chi connectivity index (χ4n) is 6.76. The number of fused-ring (bicyclic) bond motifs is 10. The van der Waals surface area contributed by atoms with Crippen molar-refractivity contribution >= 4 is 75.0 Å². The maximum Gasteiger partial charge on any atom is 0.164 e. The van der Waals surface area contributed by atoms with Crippen LogP contribution in [0.4, 0.5) is 0 Å². The van der Waals surface area contributed by atoms with Crippen LogP contribution in [0.25, 0.3) is 97.8 Å². The molecule has 0 unspecified atom stereocenters. The molecule has 4 nitrogen and oxygen atoms in total. The van der Waals surface area contributed by atoms with Gasteiger partial charge in [0.15, 0.2) is 17.5 Å². The molecule has 10 aromatic rings. The number of nitrogens with zero attached hydrogens (tertiary/aromatic N) is 3. The molecule has 0 aliphatic rings. The third-order valence-corrected chi connectivity index (χ3v) is 10.1. The number of furan rings is 1. The van der Waals surface area contributed by atoms with Crippen LogP contribution in [0, 0.1) is 0 Å². The van der Waals surface area contributed by atoms with Gasteiger partial charge in [-0.2, -0.15) is 0 Å². The molecule has 0 atom stereocenters. The highest BCUT2D eigenvalue weighted by molar-refractivity contribution is 7.26. The largest absolute Gasteiger partial charge is 0.456 e. The van der Waals surface area contributed by atoms with Gasteiger partial charge >= 0.3 is 0 Å². The second kappa shape index (κ2) is 9.80. The van der Waals surface area contributed by atoms with Gasteiger partial charge in [0.1, 0.15) is 11.2 Å². The Morgan fingerprint density at radius 2 is 1.09 bits per heavy atom. The molecule has 3 aromatic heterocycles. The van der Waals surface area contributed by atoms with Crippen molar-refractivity contribution in [2.75, 3.05) is 0 Å². The monoisotopic (exact) mass is 605 g/mol. The second-order valence-electron chi connectivity index (χ2n) is 11.6. The second-order valence-corrected chi connectivity index (χ2v) is 12.6. The van der Waals surface area contributed by atoms with Gasteiger partial charge in [-0.3, -0.25) is 0 Å². The minimum absolute atomic E-state index is 0.607. The molecule has 0 N–H and O–H groups in total. The summed E-state index contributed by atoms with van der Waals surface area (Å²) in [6.45, 7) is 0. The van der Waals surface area contributed by atoms with Crippen molar-refractivity contribution in [3.8, 4) is 34.2 Å². The Balaban J connectivity index is 1.27. The predicted molar refractivity (Wildman–Crippen MR) is 191 cm³/mol. The average Bonchev–Trinajstić information content (AvgIpc) is 3.69. The minimum Gasteiger partial charge on any atom is -0.456 e. The molecule has 214 valence electrons. The van der Waals surface area contributed by atoms with E-state index in [1.165, 1.54) is 30.9 Å². The van der Waals surface area contributed by atoms with E-state index < -0.39 is 0 Å². The van der Waals surface area contributed by atoms with E-state index in [4.69, 9.17) is 19.4 Å². The first-order valence-corrected chi connectivity index (χ1v) is 16.1. The Kier molecular flexibility index (Phi) is 5.41. The number of hydrogen-bond donors (Lipinski definition) is 0.